The number of H-pyrrole nitrogens is 1. The van der Waals surface area contributed by atoms with Gasteiger partial charge in [0.25, 0.3) is 5.91 Å². The maximum Gasteiger partial charge on any atom is 0.271 e. The van der Waals surface area contributed by atoms with E-state index in [1.807, 2.05) is 12.1 Å². The Labute approximate surface area is 186 Å². The number of carbonyl (C=O) groups is 2. The van der Waals surface area contributed by atoms with Gasteiger partial charge in [-0.3, -0.25) is 14.6 Å². The van der Waals surface area contributed by atoms with E-state index in [0.717, 1.165) is 55.1 Å². The highest BCUT2D eigenvalue weighted by Gasteiger charge is 2.25. The topological polar surface area (TPSA) is 99.8 Å². The van der Waals surface area contributed by atoms with E-state index in [4.69, 9.17) is 11.6 Å². The predicted molar refractivity (Wildman–Crippen MR) is 120 cm³/mol. The van der Waals surface area contributed by atoms with Crippen molar-refractivity contribution >= 4 is 34.3 Å². The Morgan fingerprint density at radius 3 is 2.94 bits per heavy atom. The van der Waals surface area contributed by atoms with Crippen LogP contribution in [0.5, 0.6) is 0 Å². The number of hydrogen-bond acceptors (Lipinski definition) is 4. The summed E-state index contributed by atoms with van der Waals surface area (Å²) < 4.78 is 0. The van der Waals surface area contributed by atoms with E-state index in [0.29, 0.717) is 23.7 Å². The van der Waals surface area contributed by atoms with Crippen LogP contribution in [-0.4, -0.2) is 33.3 Å². The van der Waals surface area contributed by atoms with Crippen molar-refractivity contribution < 1.29 is 9.59 Å². The first-order valence-electron chi connectivity index (χ1n) is 10.8. The average molecular weight is 440 g/mol. The van der Waals surface area contributed by atoms with Gasteiger partial charge >= 0.3 is 0 Å². The molecule has 162 valence electrons. The molecule has 7 nitrogen and oxygen atoms in total. The van der Waals surface area contributed by atoms with Gasteiger partial charge in [0.15, 0.2) is 0 Å². The van der Waals surface area contributed by atoms with Crippen LogP contribution >= 0.6 is 11.6 Å². The van der Waals surface area contributed by atoms with Gasteiger partial charge in [0, 0.05) is 36.4 Å². The second-order valence-corrected chi connectivity index (χ2v) is 8.26. The van der Waals surface area contributed by atoms with Gasteiger partial charge in [-0.25, -0.2) is 4.98 Å². The summed E-state index contributed by atoms with van der Waals surface area (Å²) in [5.41, 5.74) is 3.63. The second kappa shape index (κ2) is 9.92. The predicted octanol–water partition coefficient (Wildman–Crippen LogP) is 4.10. The molecule has 0 saturated carbocycles. The number of amides is 2. The number of fused-ring (bicyclic) bond motifs is 3. The lowest BCUT2D eigenvalue weighted by Crippen LogP contribution is -2.30. The number of aromatic amines is 1. The van der Waals surface area contributed by atoms with Gasteiger partial charge in [0.1, 0.15) is 5.69 Å². The van der Waals surface area contributed by atoms with Crippen molar-refractivity contribution in [2.45, 2.75) is 51.0 Å². The molecule has 0 aliphatic heterocycles. The van der Waals surface area contributed by atoms with Crippen LogP contribution in [-0.2, 0) is 11.2 Å². The Morgan fingerprint density at radius 2 is 2.10 bits per heavy atom. The maximum absolute atomic E-state index is 12.5. The molecule has 3 N–H and O–H groups in total. The molecule has 0 unspecified atom stereocenters. The summed E-state index contributed by atoms with van der Waals surface area (Å²) in [7, 11) is 0. The number of rotatable bonds is 8. The lowest BCUT2D eigenvalue weighted by molar-refractivity contribution is -0.122. The summed E-state index contributed by atoms with van der Waals surface area (Å²) in [6.45, 7) is 0.554. The Balaban J connectivity index is 1.21. The normalized spacial score (nSPS) is 15.5. The molecule has 1 aliphatic carbocycles. The third kappa shape index (κ3) is 5.05. The van der Waals surface area contributed by atoms with Crippen LogP contribution in [0.4, 0.5) is 0 Å². The Bertz CT molecular complexity index is 1070. The van der Waals surface area contributed by atoms with Gasteiger partial charge in [-0.2, -0.15) is 0 Å². The highest BCUT2D eigenvalue weighted by molar-refractivity contribution is 6.35. The molecule has 2 heterocycles. The number of carbonyl (C=O) groups excluding carboxylic acids is 2. The lowest BCUT2D eigenvalue weighted by Gasteiger charge is -2.24. The third-order valence-electron chi connectivity index (χ3n) is 5.69. The van der Waals surface area contributed by atoms with Gasteiger partial charge in [0.2, 0.25) is 5.91 Å². The fraction of sp³-hybridized carbons (Fsp3) is 0.391. The summed E-state index contributed by atoms with van der Waals surface area (Å²) in [5.74, 6) is -0.163. The number of nitrogens with zero attached hydrogens (tertiary/aromatic N) is 2. The number of benzene rings is 1. The van der Waals surface area contributed by atoms with Gasteiger partial charge in [-0.05, 0) is 43.7 Å². The van der Waals surface area contributed by atoms with Crippen LogP contribution in [0.15, 0.2) is 36.8 Å². The Hall–Kier alpha value is -2.93. The van der Waals surface area contributed by atoms with Crippen molar-refractivity contribution in [3.05, 3.63) is 58.8 Å². The van der Waals surface area contributed by atoms with Gasteiger partial charge < -0.3 is 15.6 Å². The van der Waals surface area contributed by atoms with Crippen LogP contribution in [0.3, 0.4) is 0 Å². The fourth-order valence-corrected chi connectivity index (χ4v) is 4.38. The molecule has 0 bridgehead atoms. The van der Waals surface area contributed by atoms with Crippen LogP contribution < -0.4 is 10.6 Å². The lowest BCUT2D eigenvalue weighted by atomic mass is 9.91. The van der Waals surface area contributed by atoms with Crippen molar-refractivity contribution in [1.82, 2.24) is 25.6 Å². The van der Waals surface area contributed by atoms with E-state index in [1.165, 1.54) is 24.2 Å². The minimum Gasteiger partial charge on any atom is -0.355 e. The molecule has 2 aromatic heterocycles. The molecule has 0 radical (unpaired) electrons. The number of unbranched alkanes of at least 4 members (excludes halogenated alkanes) is 2. The molecule has 0 spiro atoms. The zero-order chi connectivity index (χ0) is 21.6. The number of nitrogens with one attached hydrogen (secondary N) is 3. The highest BCUT2D eigenvalue weighted by atomic mass is 35.5. The molecule has 1 atom stereocenters. The summed E-state index contributed by atoms with van der Waals surface area (Å²) in [5, 5.41) is 7.88. The molecule has 0 saturated heterocycles. The van der Waals surface area contributed by atoms with Gasteiger partial charge in [-0.15, -0.1) is 0 Å². The summed E-state index contributed by atoms with van der Waals surface area (Å²) in [6.07, 6.45) is 10.4. The molecule has 0 fully saturated rings. The number of halogens is 1. The summed E-state index contributed by atoms with van der Waals surface area (Å²) in [4.78, 5) is 35.7. The number of hydrogen-bond donors (Lipinski definition) is 3. The van der Waals surface area contributed by atoms with E-state index in [2.05, 4.69) is 31.7 Å². The molecule has 4 rings (SSSR count). The van der Waals surface area contributed by atoms with Crippen molar-refractivity contribution in [2.75, 3.05) is 6.54 Å². The van der Waals surface area contributed by atoms with E-state index in [1.54, 1.807) is 0 Å². The van der Waals surface area contributed by atoms with Crippen molar-refractivity contribution in [3.63, 3.8) is 0 Å². The van der Waals surface area contributed by atoms with Gasteiger partial charge in [-0.1, -0.05) is 30.2 Å². The van der Waals surface area contributed by atoms with Crippen molar-refractivity contribution in [3.8, 4) is 0 Å². The van der Waals surface area contributed by atoms with Gasteiger partial charge in [0.05, 0.1) is 22.8 Å². The number of aryl methyl sites for hydroxylation is 1. The zero-order valence-corrected chi connectivity index (χ0v) is 18.0. The molecular weight excluding hydrogens is 414 g/mol. The molecule has 31 heavy (non-hydrogen) atoms. The van der Waals surface area contributed by atoms with E-state index >= 15 is 0 Å². The largest absolute Gasteiger partial charge is 0.355 e. The minimum atomic E-state index is -0.225. The molecule has 8 heteroatoms. The average Bonchev–Trinajstić information content (AvgIpc) is 3.18. The Kier molecular flexibility index (Phi) is 6.82. The second-order valence-electron chi connectivity index (χ2n) is 7.85. The minimum absolute atomic E-state index is 0.00554. The smallest absolute Gasteiger partial charge is 0.271 e. The van der Waals surface area contributed by atoms with Crippen LogP contribution in [0.2, 0.25) is 5.02 Å². The summed E-state index contributed by atoms with van der Waals surface area (Å²) in [6, 6.07) is 5.95. The molecule has 1 aliphatic rings. The Morgan fingerprint density at radius 1 is 1.19 bits per heavy atom. The van der Waals surface area contributed by atoms with E-state index < -0.39 is 0 Å². The molecular formula is C23H26ClN5O2. The highest BCUT2D eigenvalue weighted by Crippen LogP contribution is 2.36. The zero-order valence-electron chi connectivity index (χ0n) is 17.3. The number of para-hydroxylation sites is 1. The SMILES string of the molecule is O=C(CCCCCNC(=O)c1cnccn1)N[C@H]1CCCc2c1[nH]c1c(Cl)cccc21. The fourth-order valence-electron chi connectivity index (χ4n) is 4.16. The molecule has 3 aromatic rings. The van der Waals surface area contributed by atoms with Crippen molar-refractivity contribution in [2.24, 2.45) is 0 Å². The van der Waals surface area contributed by atoms with Crippen molar-refractivity contribution in [1.29, 1.82) is 0 Å². The first kappa shape index (κ1) is 21.3. The number of aromatic nitrogens is 3. The monoisotopic (exact) mass is 439 g/mol. The first-order chi connectivity index (χ1) is 15.1. The first-order valence-corrected chi connectivity index (χ1v) is 11.1. The van der Waals surface area contributed by atoms with Crippen LogP contribution in [0.25, 0.3) is 10.9 Å². The third-order valence-corrected chi connectivity index (χ3v) is 6.00. The van der Waals surface area contributed by atoms with Crippen LogP contribution in [0.1, 0.15) is 66.3 Å². The van der Waals surface area contributed by atoms with Crippen LogP contribution in [0, 0.1) is 0 Å². The van der Waals surface area contributed by atoms with E-state index in [-0.39, 0.29) is 17.9 Å². The quantitative estimate of drug-likeness (QED) is 0.460. The standard InChI is InChI=1S/C23H26ClN5O2/c24-17-8-4-6-15-16-7-5-9-18(22(16)29-21(15)17)28-20(30)10-2-1-3-11-27-23(31)19-14-25-12-13-26-19/h4,6,8,12-14,18,29H,1-3,5,7,9-11H2,(H,27,31)(H,28,30)/t18-/m0/s1. The maximum atomic E-state index is 12.5. The van der Waals surface area contributed by atoms with E-state index in [9.17, 15) is 9.59 Å². The molecule has 2 amide bonds. The molecule has 1 aromatic carbocycles. The summed E-state index contributed by atoms with van der Waals surface area (Å²) >= 11 is 6.34.